The highest BCUT2D eigenvalue weighted by Gasteiger charge is 2.43. The molecule has 8 nitrogen and oxygen atoms in total. The number of β-amino-alcohol motifs (C(OH)–C–C–N with tert-alkyl or cyclic N) is 1. The predicted molar refractivity (Wildman–Crippen MR) is 108 cm³/mol. The van der Waals surface area contributed by atoms with Gasteiger partial charge in [-0.1, -0.05) is 49.4 Å². The van der Waals surface area contributed by atoms with Gasteiger partial charge in [-0.15, -0.1) is 5.10 Å². The zero-order chi connectivity index (χ0) is 21.3. The lowest BCUT2D eigenvalue weighted by Gasteiger charge is -2.29. The van der Waals surface area contributed by atoms with E-state index in [1.165, 1.54) is 4.90 Å². The molecular formula is C22H28N4O4. The molecule has 1 aromatic heterocycles. The number of rotatable bonds is 7. The van der Waals surface area contributed by atoms with Crippen molar-refractivity contribution in [2.75, 3.05) is 6.54 Å². The summed E-state index contributed by atoms with van der Waals surface area (Å²) in [5.74, 6) is -0.347. The molecule has 1 aliphatic carbocycles. The molecule has 1 saturated heterocycles. The van der Waals surface area contributed by atoms with Crippen LogP contribution in [0.15, 0.2) is 36.5 Å². The smallest absolute Gasteiger partial charge is 0.329 e. The summed E-state index contributed by atoms with van der Waals surface area (Å²) >= 11 is 0. The van der Waals surface area contributed by atoms with E-state index in [1.807, 2.05) is 50.4 Å². The number of aromatic nitrogens is 3. The molecule has 2 heterocycles. The number of benzene rings is 1. The van der Waals surface area contributed by atoms with Gasteiger partial charge in [0, 0.05) is 25.1 Å². The Morgan fingerprint density at radius 3 is 2.63 bits per heavy atom. The molecule has 3 atom stereocenters. The quantitative estimate of drug-likeness (QED) is 0.699. The zero-order valence-corrected chi connectivity index (χ0v) is 17.3. The van der Waals surface area contributed by atoms with Gasteiger partial charge in [-0.3, -0.25) is 4.79 Å². The summed E-state index contributed by atoms with van der Waals surface area (Å²) in [5.41, 5.74) is 1.78. The van der Waals surface area contributed by atoms with Crippen LogP contribution < -0.4 is 0 Å². The van der Waals surface area contributed by atoms with Crippen molar-refractivity contribution in [3.8, 4) is 0 Å². The average molecular weight is 412 g/mol. The van der Waals surface area contributed by atoms with Crippen LogP contribution in [0, 0.1) is 5.92 Å². The topological polar surface area (TPSA) is 97.6 Å². The first kappa shape index (κ1) is 20.5. The van der Waals surface area contributed by atoms with Crippen molar-refractivity contribution < 1.29 is 19.4 Å². The Hall–Kier alpha value is -2.74. The van der Waals surface area contributed by atoms with Crippen LogP contribution in [0.25, 0.3) is 0 Å². The Kier molecular flexibility index (Phi) is 5.85. The van der Waals surface area contributed by atoms with Crippen molar-refractivity contribution in [1.29, 1.82) is 0 Å². The van der Waals surface area contributed by atoms with E-state index in [-0.39, 0.29) is 31.4 Å². The minimum Gasteiger partial charge on any atom is -0.459 e. The van der Waals surface area contributed by atoms with E-state index in [1.54, 1.807) is 4.68 Å². The maximum absolute atomic E-state index is 13.4. The summed E-state index contributed by atoms with van der Waals surface area (Å²) < 4.78 is 7.06. The number of aliphatic hydroxyl groups is 1. The first-order valence-corrected chi connectivity index (χ1v) is 10.5. The lowest BCUT2D eigenvalue weighted by molar-refractivity contribution is -0.156. The van der Waals surface area contributed by atoms with Crippen molar-refractivity contribution in [3.63, 3.8) is 0 Å². The summed E-state index contributed by atoms with van der Waals surface area (Å²) in [7, 11) is 0. The summed E-state index contributed by atoms with van der Waals surface area (Å²) in [6.07, 6.45) is 3.47. The Balaban J connectivity index is 1.48. The van der Waals surface area contributed by atoms with E-state index in [2.05, 4.69) is 10.3 Å². The number of hydrogen-bond donors (Lipinski definition) is 1. The van der Waals surface area contributed by atoms with Gasteiger partial charge < -0.3 is 14.7 Å². The summed E-state index contributed by atoms with van der Waals surface area (Å²) in [4.78, 5) is 27.6. The number of carbonyl (C=O) groups is 2. The van der Waals surface area contributed by atoms with Crippen LogP contribution in [0.2, 0.25) is 0 Å². The minimum absolute atomic E-state index is 0.0509. The maximum Gasteiger partial charge on any atom is 0.329 e. The van der Waals surface area contributed by atoms with Gasteiger partial charge in [0.15, 0.2) is 0 Å². The maximum atomic E-state index is 13.4. The van der Waals surface area contributed by atoms with Gasteiger partial charge in [-0.2, -0.15) is 0 Å². The van der Waals surface area contributed by atoms with E-state index in [0.29, 0.717) is 5.92 Å². The predicted octanol–water partition coefficient (Wildman–Crippen LogP) is 2.06. The number of nitrogens with zero attached hydrogens (tertiary/aromatic N) is 4. The molecule has 2 aromatic rings. The molecule has 0 unspecified atom stereocenters. The van der Waals surface area contributed by atoms with Gasteiger partial charge in [-0.05, 0) is 24.3 Å². The van der Waals surface area contributed by atoms with Crippen molar-refractivity contribution in [2.24, 2.45) is 5.92 Å². The van der Waals surface area contributed by atoms with Crippen LogP contribution in [0.1, 0.15) is 56.3 Å². The molecule has 1 amide bonds. The number of likely N-dealkylation sites (tertiary alicyclic amines) is 1. The number of amides is 1. The molecule has 1 aliphatic heterocycles. The fourth-order valence-electron chi connectivity index (χ4n) is 3.97. The van der Waals surface area contributed by atoms with Gasteiger partial charge in [0.25, 0.3) is 0 Å². The van der Waals surface area contributed by atoms with Gasteiger partial charge in [0.05, 0.1) is 11.8 Å². The zero-order valence-electron chi connectivity index (χ0n) is 17.3. The molecule has 1 N–H and O–H groups in total. The molecule has 2 fully saturated rings. The lowest BCUT2D eigenvalue weighted by Crippen LogP contribution is -2.46. The molecule has 2 aliphatic rings. The van der Waals surface area contributed by atoms with E-state index < -0.39 is 24.2 Å². The molecule has 0 radical (unpaired) electrons. The van der Waals surface area contributed by atoms with Crippen LogP contribution >= 0.6 is 0 Å². The van der Waals surface area contributed by atoms with Crippen molar-refractivity contribution in [1.82, 2.24) is 19.9 Å². The summed E-state index contributed by atoms with van der Waals surface area (Å²) in [5, 5.41) is 18.6. The van der Waals surface area contributed by atoms with E-state index in [9.17, 15) is 14.7 Å². The fraction of sp³-hybridized carbons (Fsp3) is 0.545. The highest BCUT2D eigenvalue weighted by molar-refractivity contribution is 5.87. The van der Waals surface area contributed by atoms with Gasteiger partial charge in [-0.25, -0.2) is 9.48 Å². The fourth-order valence-corrected chi connectivity index (χ4v) is 3.97. The molecule has 160 valence electrons. The van der Waals surface area contributed by atoms with Crippen molar-refractivity contribution >= 4 is 11.9 Å². The van der Waals surface area contributed by atoms with Crippen molar-refractivity contribution in [2.45, 2.75) is 63.8 Å². The van der Waals surface area contributed by atoms with E-state index in [4.69, 9.17) is 4.74 Å². The van der Waals surface area contributed by atoms with Crippen LogP contribution in [0.4, 0.5) is 0 Å². The summed E-state index contributed by atoms with van der Waals surface area (Å²) in [6, 6.07) is 8.00. The Labute approximate surface area is 175 Å². The monoisotopic (exact) mass is 412 g/mol. The van der Waals surface area contributed by atoms with Crippen LogP contribution in [-0.4, -0.2) is 55.6 Å². The molecule has 0 spiro atoms. The highest BCUT2D eigenvalue weighted by Crippen LogP contribution is 2.39. The Morgan fingerprint density at radius 2 is 1.97 bits per heavy atom. The number of hydrogen-bond acceptors (Lipinski definition) is 6. The second kappa shape index (κ2) is 8.55. The average Bonchev–Trinajstić information content (AvgIpc) is 3.34. The van der Waals surface area contributed by atoms with E-state index >= 15 is 0 Å². The minimum atomic E-state index is -0.802. The third kappa shape index (κ3) is 4.38. The third-order valence-corrected chi connectivity index (χ3v) is 5.75. The van der Waals surface area contributed by atoms with Gasteiger partial charge in [0.1, 0.15) is 18.7 Å². The number of esters is 1. The number of ether oxygens (including phenoxy) is 1. The van der Waals surface area contributed by atoms with Gasteiger partial charge >= 0.3 is 5.97 Å². The molecule has 30 heavy (non-hydrogen) atoms. The largest absolute Gasteiger partial charge is 0.459 e. The van der Waals surface area contributed by atoms with Gasteiger partial charge in [0.2, 0.25) is 5.91 Å². The van der Waals surface area contributed by atoms with Crippen molar-refractivity contribution in [3.05, 3.63) is 47.8 Å². The van der Waals surface area contributed by atoms with Crippen LogP contribution in [0.5, 0.6) is 0 Å². The number of carbonyl (C=O) groups excluding carboxylic acids is 2. The first-order valence-electron chi connectivity index (χ1n) is 10.5. The molecule has 4 rings (SSSR count). The van der Waals surface area contributed by atoms with Crippen LogP contribution in [0.3, 0.4) is 0 Å². The molecule has 8 heteroatoms. The SMILES string of the molecule is CC(C)[C@@H](C(=O)N1C[C@H](O)C[C@H]1C(=O)OCc1ccccc1)n1cc(C2CC2)nn1. The normalized spacial score (nSPS) is 22.3. The lowest BCUT2D eigenvalue weighted by atomic mass is 10.0. The molecule has 0 bridgehead atoms. The standard InChI is InChI=1S/C22H28N4O4/c1-14(2)20(26-12-18(23-24-26)16-8-9-16)21(28)25-11-17(27)10-19(25)22(29)30-13-15-6-4-3-5-7-15/h3-7,12,14,16-17,19-20,27H,8-11,13H2,1-2H3/t17-,19+,20+/m1/s1. The molecular weight excluding hydrogens is 384 g/mol. The second-order valence-electron chi connectivity index (χ2n) is 8.58. The molecule has 1 saturated carbocycles. The highest BCUT2D eigenvalue weighted by atomic mass is 16.5. The Bertz CT molecular complexity index is 894. The Morgan fingerprint density at radius 1 is 1.23 bits per heavy atom. The second-order valence-corrected chi connectivity index (χ2v) is 8.58. The van der Waals surface area contributed by atoms with Crippen LogP contribution in [-0.2, 0) is 20.9 Å². The number of aliphatic hydroxyl groups excluding tert-OH is 1. The molecule has 1 aromatic carbocycles. The summed E-state index contributed by atoms with van der Waals surface area (Å²) in [6.45, 7) is 4.12. The third-order valence-electron chi connectivity index (χ3n) is 5.75. The first-order chi connectivity index (χ1) is 14.4. The van der Waals surface area contributed by atoms with E-state index in [0.717, 1.165) is 24.1 Å².